The number of carbonyl (C=O) groups is 1. The molecule has 108 valence electrons. The molecule has 1 fully saturated rings. The van der Waals surface area contributed by atoms with Crippen molar-refractivity contribution < 1.29 is 4.79 Å². The molecule has 0 aromatic heterocycles. The monoisotopic (exact) mass is 274 g/mol. The summed E-state index contributed by atoms with van der Waals surface area (Å²) in [5.74, 6) is 0.675. The third-order valence-corrected chi connectivity index (χ3v) is 4.12. The first-order valence-electron chi connectivity index (χ1n) is 7.28. The zero-order valence-electron chi connectivity index (χ0n) is 11.9. The Labute approximate surface area is 119 Å². The Morgan fingerprint density at radius 1 is 1.40 bits per heavy atom. The number of likely N-dealkylation sites (tertiary alicyclic amines) is 1. The smallest absolute Gasteiger partial charge is 0.244 e. The fourth-order valence-corrected chi connectivity index (χ4v) is 2.93. The third kappa shape index (κ3) is 2.88. The Hall–Kier alpha value is -1.75. The van der Waals surface area contributed by atoms with Crippen LogP contribution in [-0.2, 0) is 4.79 Å². The molecule has 5 nitrogen and oxygen atoms in total. The molecule has 0 spiro atoms. The average Bonchev–Trinajstić information content (AvgIpc) is 2.90. The lowest BCUT2D eigenvalue weighted by Crippen LogP contribution is -2.47. The van der Waals surface area contributed by atoms with Crippen molar-refractivity contribution in [3.8, 4) is 0 Å². The first kappa shape index (κ1) is 13.2. The van der Waals surface area contributed by atoms with Crippen molar-refractivity contribution in [2.45, 2.75) is 12.5 Å². The van der Waals surface area contributed by atoms with Gasteiger partial charge in [0.1, 0.15) is 6.04 Å². The fourth-order valence-electron chi connectivity index (χ4n) is 2.93. The van der Waals surface area contributed by atoms with Crippen LogP contribution in [0.4, 0.5) is 11.4 Å². The summed E-state index contributed by atoms with van der Waals surface area (Å²) >= 11 is 0. The van der Waals surface area contributed by atoms with E-state index in [1.54, 1.807) is 0 Å². The third-order valence-electron chi connectivity index (χ3n) is 4.12. The summed E-state index contributed by atoms with van der Waals surface area (Å²) < 4.78 is 0. The molecule has 2 unspecified atom stereocenters. The number of anilines is 2. The van der Waals surface area contributed by atoms with Crippen LogP contribution in [0, 0.1) is 5.92 Å². The van der Waals surface area contributed by atoms with Gasteiger partial charge in [-0.3, -0.25) is 4.79 Å². The minimum atomic E-state index is -0.191. The number of carbonyl (C=O) groups excluding carboxylic acids is 1. The van der Waals surface area contributed by atoms with Gasteiger partial charge in [0, 0.05) is 19.6 Å². The molecule has 2 aliphatic heterocycles. The highest BCUT2D eigenvalue weighted by atomic mass is 16.2. The van der Waals surface area contributed by atoms with Crippen molar-refractivity contribution in [2.24, 2.45) is 5.92 Å². The number of benzene rings is 1. The lowest BCUT2D eigenvalue weighted by Gasteiger charge is -2.27. The van der Waals surface area contributed by atoms with Crippen molar-refractivity contribution in [3.63, 3.8) is 0 Å². The molecule has 1 saturated heterocycles. The number of rotatable bonds is 3. The molecule has 3 N–H and O–H groups in total. The molecule has 0 bridgehead atoms. The van der Waals surface area contributed by atoms with Gasteiger partial charge in [0.25, 0.3) is 0 Å². The highest BCUT2D eigenvalue weighted by molar-refractivity contribution is 5.88. The van der Waals surface area contributed by atoms with E-state index in [4.69, 9.17) is 0 Å². The van der Waals surface area contributed by atoms with Gasteiger partial charge in [0.15, 0.2) is 0 Å². The van der Waals surface area contributed by atoms with Crippen LogP contribution < -0.4 is 16.0 Å². The van der Waals surface area contributed by atoms with E-state index in [1.807, 2.05) is 24.3 Å². The molecule has 1 aromatic rings. The molecule has 0 saturated carbocycles. The molecule has 0 radical (unpaired) electrons. The maximum Gasteiger partial charge on any atom is 0.244 e. The summed E-state index contributed by atoms with van der Waals surface area (Å²) in [6.07, 6.45) is 1.18. The molecule has 20 heavy (non-hydrogen) atoms. The molecule has 0 aliphatic carbocycles. The van der Waals surface area contributed by atoms with E-state index in [0.717, 1.165) is 31.0 Å². The molecule has 2 heterocycles. The van der Waals surface area contributed by atoms with Crippen LogP contribution >= 0.6 is 0 Å². The predicted molar refractivity (Wildman–Crippen MR) is 81.0 cm³/mol. The maximum absolute atomic E-state index is 12.2. The van der Waals surface area contributed by atoms with Gasteiger partial charge in [-0.2, -0.15) is 0 Å². The summed E-state index contributed by atoms with van der Waals surface area (Å²) in [5.41, 5.74) is 2.06. The molecule has 2 atom stereocenters. The van der Waals surface area contributed by atoms with Crippen LogP contribution in [0.1, 0.15) is 6.42 Å². The normalized spacial score (nSPS) is 25.4. The van der Waals surface area contributed by atoms with E-state index in [1.165, 1.54) is 6.42 Å². The van der Waals surface area contributed by atoms with Crippen LogP contribution in [0.3, 0.4) is 0 Å². The molecule has 2 aliphatic rings. The van der Waals surface area contributed by atoms with Crippen molar-refractivity contribution in [2.75, 3.05) is 43.9 Å². The van der Waals surface area contributed by atoms with Gasteiger partial charge in [0.2, 0.25) is 5.91 Å². The summed E-state index contributed by atoms with van der Waals surface area (Å²) in [4.78, 5) is 14.5. The number of fused-ring (bicyclic) bond motifs is 1. The zero-order valence-corrected chi connectivity index (χ0v) is 11.9. The topological polar surface area (TPSA) is 56.4 Å². The molecule has 5 heteroatoms. The number of nitrogens with one attached hydrogen (secondary N) is 3. The molecular formula is C15H22N4O. The van der Waals surface area contributed by atoms with Gasteiger partial charge in [-0.15, -0.1) is 0 Å². The largest absolute Gasteiger partial charge is 0.381 e. The first-order chi connectivity index (χ1) is 9.72. The van der Waals surface area contributed by atoms with Crippen molar-refractivity contribution in [1.29, 1.82) is 0 Å². The quantitative estimate of drug-likeness (QED) is 0.768. The highest BCUT2D eigenvalue weighted by Gasteiger charge is 2.25. The van der Waals surface area contributed by atoms with Crippen LogP contribution in [0.5, 0.6) is 0 Å². The summed E-state index contributed by atoms with van der Waals surface area (Å²) in [7, 11) is 2.13. The number of hydrogen-bond acceptors (Lipinski definition) is 4. The van der Waals surface area contributed by atoms with Crippen molar-refractivity contribution in [3.05, 3.63) is 24.3 Å². The van der Waals surface area contributed by atoms with E-state index in [0.29, 0.717) is 12.5 Å². The van der Waals surface area contributed by atoms with Gasteiger partial charge < -0.3 is 20.9 Å². The van der Waals surface area contributed by atoms with E-state index >= 15 is 0 Å². The average molecular weight is 274 g/mol. The summed E-state index contributed by atoms with van der Waals surface area (Å²) in [6, 6.07) is 7.79. The second-order valence-corrected chi connectivity index (χ2v) is 5.79. The maximum atomic E-state index is 12.2. The molecule has 3 rings (SSSR count). The van der Waals surface area contributed by atoms with Crippen LogP contribution in [0.25, 0.3) is 0 Å². The van der Waals surface area contributed by atoms with E-state index in [9.17, 15) is 4.79 Å². The highest BCUT2D eigenvalue weighted by Crippen LogP contribution is 2.25. The summed E-state index contributed by atoms with van der Waals surface area (Å²) in [6.45, 7) is 3.63. The van der Waals surface area contributed by atoms with Crippen molar-refractivity contribution >= 4 is 17.3 Å². The Morgan fingerprint density at radius 3 is 2.95 bits per heavy atom. The zero-order chi connectivity index (χ0) is 13.9. The number of hydrogen-bond donors (Lipinski definition) is 3. The minimum Gasteiger partial charge on any atom is -0.381 e. The number of amides is 1. The van der Waals surface area contributed by atoms with Gasteiger partial charge in [0.05, 0.1) is 11.4 Å². The molecular weight excluding hydrogens is 252 g/mol. The van der Waals surface area contributed by atoms with Crippen LogP contribution in [-0.4, -0.2) is 50.1 Å². The second-order valence-electron chi connectivity index (χ2n) is 5.79. The first-order valence-corrected chi connectivity index (χ1v) is 7.28. The Bertz CT molecular complexity index is 491. The Morgan fingerprint density at radius 2 is 2.20 bits per heavy atom. The predicted octanol–water partition coefficient (Wildman–Crippen LogP) is 0.960. The second kappa shape index (κ2) is 5.71. The van der Waals surface area contributed by atoms with Gasteiger partial charge >= 0.3 is 0 Å². The van der Waals surface area contributed by atoms with Gasteiger partial charge in [-0.1, -0.05) is 12.1 Å². The number of nitrogens with zero attached hydrogens (tertiary/aromatic N) is 1. The van der Waals surface area contributed by atoms with Gasteiger partial charge in [-0.05, 0) is 38.1 Å². The van der Waals surface area contributed by atoms with Crippen LogP contribution in [0.15, 0.2) is 24.3 Å². The van der Waals surface area contributed by atoms with Crippen LogP contribution in [0.2, 0.25) is 0 Å². The van der Waals surface area contributed by atoms with E-state index in [-0.39, 0.29) is 11.9 Å². The summed E-state index contributed by atoms with van der Waals surface area (Å²) in [5, 5.41) is 9.67. The van der Waals surface area contributed by atoms with Crippen molar-refractivity contribution in [1.82, 2.24) is 10.2 Å². The number of para-hydroxylation sites is 2. The fraction of sp³-hybridized carbons (Fsp3) is 0.533. The lowest BCUT2D eigenvalue weighted by atomic mass is 10.1. The Kier molecular flexibility index (Phi) is 3.78. The van der Waals surface area contributed by atoms with Gasteiger partial charge in [-0.25, -0.2) is 0 Å². The standard InChI is InChI=1S/C15H22N4O/c1-19-7-6-11(10-19)8-17-15(20)14-9-16-12-4-2-3-5-13(12)18-14/h2-5,11,14,16,18H,6-10H2,1H3,(H,17,20). The molecule has 1 amide bonds. The lowest BCUT2D eigenvalue weighted by molar-refractivity contribution is -0.121. The SMILES string of the molecule is CN1CCC(CNC(=O)C2CNc3ccccc3N2)C1. The Balaban J connectivity index is 1.51. The molecule has 1 aromatic carbocycles. The minimum absolute atomic E-state index is 0.0848. The van der Waals surface area contributed by atoms with E-state index in [2.05, 4.69) is 27.9 Å². The van der Waals surface area contributed by atoms with E-state index < -0.39 is 0 Å².